The van der Waals surface area contributed by atoms with Gasteiger partial charge in [0.15, 0.2) is 34.5 Å². The van der Waals surface area contributed by atoms with Crippen LogP contribution in [0.3, 0.4) is 0 Å². The molecule has 0 unspecified atom stereocenters. The topological polar surface area (TPSA) is 97.6 Å². The third kappa shape index (κ3) is 6.92. The van der Waals surface area contributed by atoms with Crippen LogP contribution < -0.4 is 0 Å². The molecule has 0 saturated heterocycles. The van der Waals surface area contributed by atoms with Gasteiger partial charge >= 0.3 is 0 Å². The monoisotopic (exact) mass is 1150 g/mol. The number of hydrogen-bond donors (Lipinski definition) is 0. The molecule has 20 rings (SSSR count). The van der Waals surface area contributed by atoms with Crippen molar-refractivity contribution in [2.75, 3.05) is 0 Å². The van der Waals surface area contributed by atoms with E-state index in [4.69, 9.17) is 28.8 Å². The van der Waals surface area contributed by atoms with E-state index >= 15 is 0 Å². The second kappa shape index (κ2) is 18.6. The average Bonchev–Trinajstić information content (AvgIpc) is 1.63. The summed E-state index contributed by atoms with van der Waals surface area (Å²) in [7, 11) is 0. The molecule has 10 heteroatoms. The van der Waals surface area contributed by atoms with Gasteiger partial charge in [-0.2, -0.15) is 0 Å². The van der Waals surface area contributed by atoms with E-state index in [0.717, 1.165) is 143 Å². The number of benzene rings is 12. The smallest absolute Gasteiger partial charge is 0.197 e. The second-order valence-electron chi connectivity index (χ2n) is 23.3. The summed E-state index contributed by atoms with van der Waals surface area (Å²) >= 11 is 0. The Hall–Kier alpha value is -12.4. The fourth-order valence-corrected chi connectivity index (χ4v) is 14.5. The first-order valence-electron chi connectivity index (χ1n) is 30.3. The van der Waals surface area contributed by atoms with E-state index in [1.165, 1.54) is 10.8 Å². The Bertz CT molecular complexity index is 6270. The number of hydrogen-bond acceptors (Lipinski definition) is 6. The SMILES string of the molecule is c1cc(-c2nc(-n3c4ccccc4c4ccccc43)c3oc4ccccc4c3n2)cc(-n2c3ccccc3c3cc(-c4cccc5c4oc4c(-n6c7ccccc7c7ccccc76)nc(-c6ccc(-n7c8ccccc8c8ccccc87)cc6)nc45)ccc32)c1. The number of nitrogens with zero attached hydrogens (tertiary/aromatic N) is 8. The Morgan fingerprint density at radius 3 is 1.18 bits per heavy atom. The van der Waals surface area contributed by atoms with Crippen LogP contribution in [0.25, 0.3) is 188 Å². The third-order valence-corrected chi connectivity index (χ3v) is 18.4. The van der Waals surface area contributed by atoms with E-state index in [0.29, 0.717) is 34.5 Å². The number of para-hydroxylation sites is 9. The molecule has 0 N–H and O–H groups in total. The highest BCUT2D eigenvalue weighted by Crippen LogP contribution is 2.44. The van der Waals surface area contributed by atoms with Crippen LogP contribution in [0.1, 0.15) is 0 Å². The molecule has 20 aromatic rings. The zero-order valence-corrected chi connectivity index (χ0v) is 48.0. The van der Waals surface area contributed by atoms with E-state index < -0.39 is 0 Å². The second-order valence-corrected chi connectivity index (χ2v) is 23.3. The molecule has 12 aromatic carbocycles. The average molecular weight is 1150 g/mol. The summed E-state index contributed by atoms with van der Waals surface area (Å²) in [6.45, 7) is 0. The van der Waals surface area contributed by atoms with Crippen molar-refractivity contribution >= 4 is 131 Å². The van der Waals surface area contributed by atoms with Crippen LogP contribution >= 0.6 is 0 Å². The third-order valence-electron chi connectivity index (χ3n) is 18.4. The van der Waals surface area contributed by atoms with Crippen molar-refractivity contribution in [3.63, 3.8) is 0 Å². The molecular formula is C80H46N8O2. The fraction of sp³-hybridized carbons (Fsp3) is 0. The van der Waals surface area contributed by atoms with Gasteiger partial charge in [-0.25, -0.2) is 19.9 Å². The first-order valence-corrected chi connectivity index (χ1v) is 30.3. The van der Waals surface area contributed by atoms with E-state index in [1.807, 2.05) is 18.2 Å². The van der Waals surface area contributed by atoms with Crippen molar-refractivity contribution in [1.29, 1.82) is 0 Å². The van der Waals surface area contributed by atoms with Gasteiger partial charge in [-0.15, -0.1) is 0 Å². The van der Waals surface area contributed by atoms with Gasteiger partial charge in [0.1, 0.15) is 22.2 Å². The summed E-state index contributed by atoms with van der Waals surface area (Å²) in [5.41, 5.74) is 18.6. The molecule has 0 aliphatic carbocycles. The van der Waals surface area contributed by atoms with Crippen LogP contribution in [-0.2, 0) is 0 Å². The van der Waals surface area contributed by atoms with Gasteiger partial charge in [0.05, 0.1) is 44.1 Å². The van der Waals surface area contributed by atoms with E-state index in [1.54, 1.807) is 0 Å². The van der Waals surface area contributed by atoms with E-state index in [9.17, 15) is 0 Å². The van der Waals surface area contributed by atoms with Gasteiger partial charge in [-0.3, -0.25) is 9.13 Å². The zero-order chi connectivity index (χ0) is 58.7. The van der Waals surface area contributed by atoms with Crippen LogP contribution in [0.4, 0.5) is 0 Å². The summed E-state index contributed by atoms with van der Waals surface area (Å²) in [6.07, 6.45) is 0. The Morgan fingerprint density at radius 1 is 0.233 bits per heavy atom. The maximum atomic E-state index is 7.31. The van der Waals surface area contributed by atoms with Crippen LogP contribution in [0, 0.1) is 0 Å². The first kappa shape index (κ1) is 48.8. The van der Waals surface area contributed by atoms with Crippen LogP contribution in [0.15, 0.2) is 288 Å². The van der Waals surface area contributed by atoms with E-state index in [-0.39, 0.29) is 0 Å². The molecular weight excluding hydrogens is 1100 g/mol. The molecule has 8 aromatic heterocycles. The lowest BCUT2D eigenvalue weighted by atomic mass is 10.0. The summed E-state index contributed by atoms with van der Waals surface area (Å²) in [5.74, 6) is 2.56. The number of aromatic nitrogens is 8. The number of rotatable bonds is 7. The highest BCUT2D eigenvalue weighted by atomic mass is 16.3. The quantitative estimate of drug-likeness (QED) is 0.158. The maximum Gasteiger partial charge on any atom is 0.197 e. The Labute approximate surface area is 511 Å². The first-order chi connectivity index (χ1) is 44.6. The van der Waals surface area contributed by atoms with Gasteiger partial charge in [-0.1, -0.05) is 170 Å². The van der Waals surface area contributed by atoms with Gasteiger partial charge in [0.25, 0.3) is 0 Å². The molecule has 0 spiro atoms. The molecule has 0 amide bonds. The molecule has 0 radical (unpaired) electrons. The van der Waals surface area contributed by atoms with Gasteiger partial charge < -0.3 is 18.0 Å². The number of fused-ring (bicyclic) bond motifs is 18. The van der Waals surface area contributed by atoms with Crippen molar-refractivity contribution in [2.45, 2.75) is 0 Å². The molecule has 0 aliphatic rings. The summed E-state index contributed by atoms with van der Waals surface area (Å²) in [4.78, 5) is 21.8. The molecule has 418 valence electrons. The zero-order valence-electron chi connectivity index (χ0n) is 48.0. The minimum Gasteiger partial charge on any atom is -0.450 e. The molecule has 10 nitrogen and oxygen atoms in total. The predicted molar refractivity (Wildman–Crippen MR) is 366 cm³/mol. The maximum absolute atomic E-state index is 7.31. The van der Waals surface area contributed by atoms with Crippen molar-refractivity contribution in [3.8, 4) is 56.9 Å². The van der Waals surface area contributed by atoms with Gasteiger partial charge in [-0.05, 0) is 115 Å². The largest absolute Gasteiger partial charge is 0.450 e. The van der Waals surface area contributed by atoms with Crippen molar-refractivity contribution in [1.82, 2.24) is 38.2 Å². The van der Waals surface area contributed by atoms with Crippen molar-refractivity contribution in [3.05, 3.63) is 279 Å². The highest BCUT2D eigenvalue weighted by Gasteiger charge is 2.26. The molecule has 0 fully saturated rings. The van der Waals surface area contributed by atoms with Crippen LogP contribution in [0.5, 0.6) is 0 Å². The number of furan rings is 2. The van der Waals surface area contributed by atoms with Crippen molar-refractivity contribution in [2.24, 2.45) is 0 Å². The minimum absolute atomic E-state index is 0.598. The lowest BCUT2D eigenvalue weighted by Gasteiger charge is -2.12. The van der Waals surface area contributed by atoms with Crippen LogP contribution in [0.2, 0.25) is 0 Å². The normalized spacial score (nSPS) is 12.2. The van der Waals surface area contributed by atoms with E-state index in [2.05, 4.69) is 279 Å². The van der Waals surface area contributed by atoms with Crippen molar-refractivity contribution < 1.29 is 8.83 Å². The summed E-state index contributed by atoms with van der Waals surface area (Å²) < 4.78 is 23.2. The molecule has 0 atom stereocenters. The lowest BCUT2D eigenvalue weighted by Crippen LogP contribution is -2.02. The lowest BCUT2D eigenvalue weighted by molar-refractivity contribution is 0.662. The molecule has 90 heavy (non-hydrogen) atoms. The molecule has 0 aliphatic heterocycles. The fourth-order valence-electron chi connectivity index (χ4n) is 14.5. The summed E-state index contributed by atoms with van der Waals surface area (Å²) in [6, 6.07) is 98.4. The molecule has 0 saturated carbocycles. The highest BCUT2D eigenvalue weighted by molar-refractivity contribution is 6.17. The summed E-state index contributed by atoms with van der Waals surface area (Å²) in [5, 5.41) is 11.1. The van der Waals surface area contributed by atoms with Gasteiger partial charge in [0.2, 0.25) is 0 Å². The molecule has 8 heterocycles. The van der Waals surface area contributed by atoms with Gasteiger partial charge in [0, 0.05) is 81.9 Å². The Morgan fingerprint density at radius 2 is 0.633 bits per heavy atom. The standard InChI is InChI=1S/C80H46N8O2/c1-9-31-63-53(21-1)54-22-2-10-32-64(54)85(63)50-42-39-47(40-43-50)77-82-73-61-30-18-29-52(74(61)90-76(73)80(83-77)88-68-36-14-5-25-57(68)58-26-6-15-37-69(58)88)48-41-44-70-62(46-48)59-27-7-11-33-65(59)86(70)51-20-17-19-49(45-51)78-81-72-60-28-8-16-38-71(60)89-75(72)79(84-78)87-66-34-12-3-23-55(66)56-24-4-13-35-67(56)87/h1-46H. The minimum atomic E-state index is 0.598. The molecule has 0 bridgehead atoms. The van der Waals surface area contributed by atoms with Crippen LogP contribution in [-0.4, -0.2) is 38.2 Å². The Balaban J connectivity index is 0.748. The predicted octanol–water partition coefficient (Wildman–Crippen LogP) is 20.5. The Kier molecular flexibility index (Phi) is 10.1.